The minimum Gasteiger partial charge on any atom is -0.342 e. The topological polar surface area (TPSA) is 57.7 Å². The van der Waals surface area contributed by atoms with Gasteiger partial charge >= 0.3 is 0 Å². The lowest BCUT2D eigenvalue weighted by molar-refractivity contribution is -0.139. The van der Waals surface area contributed by atoms with E-state index < -0.39 is 10.0 Å². The van der Waals surface area contributed by atoms with Gasteiger partial charge in [-0.2, -0.15) is 4.31 Å². The molecule has 1 aliphatic carbocycles. The number of aryl methyl sites for hydroxylation is 1. The summed E-state index contributed by atoms with van der Waals surface area (Å²) in [5, 5.41) is 0. The summed E-state index contributed by atoms with van der Waals surface area (Å²) in [5.74, 6) is 1.42. The summed E-state index contributed by atoms with van der Waals surface area (Å²) >= 11 is 0. The number of carbonyl (C=O) groups excluding carboxylic acids is 1. The Balaban J connectivity index is 1.43. The summed E-state index contributed by atoms with van der Waals surface area (Å²) in [7, 11) is -3.53. The Bertz CT molecular complexity index is 806. The van der Waals surface area contributed by atoms with Crippen LogP contribution in [0, 0.1) is 24.7 Å². The standard InChI is InChI=1S/C22H32N2O3S/c1-17-8-10-21(11-9-17)28(26,27)24-13-4-7-20(16-24)22(25)23-14-12-18-5-2-3-6-19(18)15-23/h8-11,18-20H,2-7,12-16H2,1H3/t18-,19-,20-/m0/s1. The highest BCUT2D eigenvalue weighted by Crippen LogP contribution is 2.37. The molecule has 5 nitrogen and oxygen atoms in total. The van der Waals surface area contributed by atoms with Crippen molar-refractivity contribution >= 4 is 15.9 Å². The molecular weight excluding hydrogens is 372 g/mol. The Hall–Kier alpha value is -1.40. The molecule has 1 amide bonds. The van der Waals surface area contributed by atoms with Crippen LogP contribution >= 0.6 is 0 Å². The summed E-state index contributed by atoms with van der Waals surface area (Å²) < 4.78 is 27.6. The minimum atomic E-state index is -3.53. The lowest BCUT2D eigenvalue weighted by Gasteiger charge is -2.43. The molecule has 1 saturated carbocycles. The zero-order valence-corrected chi connectivity index (χ0v) is 17.7. The van der Waals surface area contributed by atoms with Gasteiger partial charge in [0.2, 0.25) is 15.9 Å². The average molecular weight is 405 g/mol. The maximum atomic E-state index is 13.2. The number of piperidine rings is 2. The van der Waals surface area contributed by atoms with Gasteiger partial charge in [0.05, 0.1) is 10.8 Å². The van der Waals surface area contributed by atoms with Crippen LogP contribution in [0.3, 0.4) is 0 Å². The molecule has 0 spiro atoms. The number of sulfonamides is 1. The number of nitrogens with zero attached hydrogens (tertiary/aromatic N) is 2. The van der Waals surface area contributed by atoms with Gasteiger partial charge in [0, 0.05) is 26.2 Å². The predicted octanol–water partition coefficient (Wildman–Crippen LogP) is 3.43. The quantitative estimate of drug-likeness (QED) is 0.775. The third kappa shape index (κ3) is 3.99. The van der Waals surface area contributed by atoms with E-state index in [2.05, 4.69) is 0 Å². The number of hydrogen-bond acceptors (Lipinski definition) is 3. The van der Waals surface area contributed by atoms with E-state index in [-0.39, 0.29) is 11.8 Å². The highest BCUT2D eigenvalue weighted by atomic mass is 32.2. The van der Waals surface area contributed by atoms with E-state index in [0.29, 0.717) is 23.9 Å². The van der Waals surface area contributed by atoms with Crippen LogP contribution in [0.5, 0.6) is 0 Å². The van der Waals surface area contributed by atoms with Crippen LogP contribution in [0.4, 0.5) is 0 Å². The lowest BCUT2D eigenvalue weighted by atomic mass is 9.75. The minimum absolute atomic E-state index is 0.174. The molecule has 1 aromatic rings. The molecule has 0 N–H and O–H groups in total. The largest absolute Gasteiger partial charge is 0.342 e. The lowest BCUT2D eigenvalue weighted by Crippen LogP contribution is -2.50. The summed E-state index contributed by atoms with van der Waals surface area (Å²) in [6.45, 7) is 4.50. The van der Waals surface area contributed by atoms with Crippen LogP contribution in [0.25, 0.3) is 0 Å². The molecule has 0 unspecified atom stereocenters. The molecule has 2 saturated heterocycles. The summed E-state index contributed by atoms with van der Waals surface area (Å²) in [5.41, 5.74) is 1.04. The SMILES string of the molecule is Cc1ccc(S(=O)(=O)N2CCC[C@H](C(=O)N3CC[C@@H]4CCCC[C@H]4C3)C2)cc1. The number of amides is 1. The maximum Gasteiger partial charge on any atom is 0.243 e. The van der Waals surface area contributed by atoms with E-state index in [9.17, 15) is 13.2 Å². The van der Waals surface area contributed by atoms with Crippen molar-refractivity contribution in [1.82, 2.24) is 9.21 Å². The van der Waals surface area contributed by atoms with E-state index in [1.807, 2.05) is 24.0 Å². The highest BCUT2D eigenvalue weighted by Gasteiger charge is 2.38. The molecule has 0 aromatic heterocycles. The first-order valence-electron chi connectivity index (χ1n) is 10.8. The number of benzene rings is 1. The van der Waals surface area contributed by atoms with Crippen LogP contribution in [0.15, 0.2) is 29.2 Å². The van der Waals surface area contributed by atoms with Crippen molar-refractivity contribution in [2.24, 2.45) is 17.8 Å². The first-order chi connectivity index (χ1) is 13.4. The monoisotopic (exact) mass is 404 g/mol. The van der Waals surface area contributed by atoms with Crippen molar-refractivity contribution in [1.29, 1.82) is 0 Å². The Morgan fingerprint density at radius 2 is 1.61 bits per heavy atom. The van der Waals surface area contributed by atoms with Crippen LogP contribution in [0.1, 0.15) is 50.5 Å². The molecule has 1 aromatic carbocycles. The zero-order chi connectivity index (χ0) is 19.7. The summed E-state index contributed by atoms with van der Waals surface area (Å²) in [4.78, 5) is 15.6. The number of rotatable bonds is 3. The van der Waals surface area contributed by atoms with E-state index >= 15 is 0 Å². The fraction of sp³-hybridized carbons (Fsp3) is 0.682. The normalized spacial score (nSPS) is 29.3. The van der Waals surface area contributed by atoms with Gasteiger partial charge in [-0.15, -0.1) is 0 Å². The van der Waals surface area contributed by atoms with Crippen molar-refractivity contribution < 1.29 is 13.2 Å². The van der Waals surface area contributed by atoms with Gasteiger partial charge < -0.3 is 4.90 Å². The van der Waals surface area contributed by atoms with Crippen molar-refractivity contribution in [2.45, 2.75) is 56.8 Å². The molecule has 2 heterocycles. The molecular formula is C22H32N2O3S. The number of fused-ring (bicyclic) bond motifs is 1. The van der Waals surface area contributed by atoms with Crippen molar-refractivity contribution in [3.63, 3.8) is 0 Å². The summed E-state index contributed by atoms with van der Waals surface area (Å²) in [6, 6.07) is 7.00. The second-order valence-corrected chi connectivity index (χ2v) is 10.8. The number of likely N-dealkylation sites (tertiary alicyclic amines) is 1. The second-order valence-electron chi connectivity index (χ2n) is 8.89. The number of carbonyl (C=O) groups is 1. The molecule has 0 bridgehead atoms. The Kier molecular flexibility index (Phi) is 5.79. The molecule has 2 aliphatic heterocycles. The van der Waals surface area contributed by atoms with Crippen LogP contribution in [-0.2, 0) is 14.8 Å². The molecule has 3 aliphatic rings. The Morgan fingerprint density at radius 3 is 2.36 bits per heavy atom. The molecule has 0 radical (unpaired) electrons. The van der Waals surface area contributed by atoms with Gasteiger partial charge in [0.1, 0.15) is 0 Å². The molecule has 6 heteroatoms. The van der Waals surface area contributed by atoms with Crippen LogP contribution in [0.2, 0.25) is 0 Å². The van der Waals surface area contributed by atoms with Crippen LogP contribution in [-0.4, -0.2) is 49.7 Å². The Labute approximate surface area is 169 Å². The second kappa shape index (κ2) is 8.15. The van der Waals surface area contributed by atoms with Crippen LogP contribution < -0.4 is 0 Å². The van der Waals surface area contributed by atoms with Gasteiger partial charge in [0.25, 0.3) is 0 Å². The van der Waals surface area contributed by atoms with Gasteiger partial charge in [0.15, 0.2) is 0 Å². The molecule has 28 heavy (non-hydrogen) atoms. The average Bonchev–Trinajstić information content (AvgIpc) is 2.73. The fourth-order valence-corrected chi connectivity index (χ4v) is 6.80. The van der Waals surface area contributed by atoms with Gasteiger partial charge in [-0.25, -0.2) is 8.42 Å². The van der Waals surface area contributed by atoms with E-state index in [0.717, 1.165) is 43.8 Å². The molecule has 3 atom stereocenters. The van der Waals surface area contributed by atoms with Gasteiger partial charge in [-0.05, 0) is 56.6 Å². The first kappa shape index (κ1) is 19.9. The summed E-state index contributed by atoms with van der Waals surface area (Å²) in [6.07, 6.45) is 7.85. The fourth-order valence-electron chi connectivity index (χ4n) is 5.28. The first-order valence-corrected chi connectivity index (χ1v) is 12.2. The van der Waals surface area contributed by atoms with Crippen molar-refractivity contribution in [3.05, 3.63) is 29.8 Å². The third-order valence-electron chi connectivity index (χ3n) is 6.99. The molecule has 3 fully saturated rings. The van der Waals surface area contributed by atoms with Crippen molar-refractivity contribution in [3.8, 4) is 0 Å². The van der Waals surface area contributed by atoms with E-state index in [1.165, 1.54) is 30.0 Å². The smallest absolute Gasteiger partial charge is 0.243 e. The van der Waals surface area contributed by atoms with E-state index in [1.54, 1.807) is 12.1 Å². The Morgan fingerprint density at radius 1 is 0.893 bits per heavy atom. The van der Waals surface area contributed by atoms with Gasteiger partial charge in [-0.1, -0.05) is 37.0 Å². The molecule has 4 rings (SSSR count). The van der Waals surface area contributed by atoms with E-state index in [4.69, 9.17) is 0 Å². The highest BCUT2D eigenvalue weighted by molar-refractivity contribution is 7.89. The third-order valence-corrected chi connectivity index (χ3v) is 8.87. The maximum absolute atomic E-state index is 13.2. The zero-order valence-electron chi connectivity index (χ0n) is 16.8. The predicted molar refractivity (Wildman–Crippen MR) is 109 cm³/mol. The van der Waals surface area contributed by atoms with Crippen molar-refractivity contribution in [2.75, 3.05) is 26.2 Å². The van der Waals surface area contributed by atoms with Gasteiger partial charge in [-0.3, -0.25) is 4.79 Å². The molecule has 154 valence electrons. The number of hydrogen-bond donors (Lipinski definition) is 0.